The van der Waals surface area contributed by atoms with E-state index in [1.807, 2.05) is 12.1 Å². The predicted molar refractivity (Wildman–Crippen MR) is 59.0 cm³/mol. The quantitative estimate of drug-likeness (QED) is 0.707. The van der Waals surface area contributed by atoms with Crippen molar-refractivity contribution >= 4 is 0 Å². The molecule has 0 saturated carbocycles. The lowest BCUT2D eigenvalue weighted by molar-refractivity contribution is 0.485. The Kier molecular flexibility index (Phi) is 3.71. The normalized spacial score (nSPS) is 12.5. The van der Waals surface area contributed by atoms with Gasteiger partial charge in [-0.15, -0.1) is 0 Å². The highest BCUT2D eigenvalue weighted by molar-refractivity contribution is 5.33. The van der Waals surface area contributed by atoms with E-state index in [9.17, 15) is 0 Å². The molecule has 1 rings (SSSR count). The molecule has 0 aromatic heterocycles. The van der Waals surface area contributed by atoms with Gasteiger partial charge in [-0.3, -0.25) is 0 Å². The summed E-state index contributed by atoms with van der Waals surface area (Å²) in [6, 6.07) is 10.1. The van der Waals surface area contributed by atoms with Crippen molar-refractivity contribution in [3.05, 3.63) is 35.4 Å². The van der Waals surface area contributed by atoms with Gasteiger partial charge in [-0.05, 0) is 36.0 Å². The topological polar surface area (TPSA) is 23.8 Å². The van der Waals surface area contributed by atoms with Crippen LogP contribution in [-0.2, 0) is 0 Å². The van der Waals surface area contributed by atoms with E-state index >= 15 is 0 Å². The van der Waals surface area contributed by atoms with Crippen molar-refractivity contribution in [2.45, 2.75) is 33.1 Å². The number of hydrogen-bond donors (Lipinski definition) is 0. The molecule has 74 valence electrons. The molecule has 1 aromatic carbocycles. The first-order valence-corrected chi connectivity index (χ1v) is 5.19. The Hall–Kier alpha value is -1.29. The molecule has 0 aliphatic carbocycles. The Bertz CT molecular complexity index is 316. The van der Waals surface area contributed by atoms with E-state index in [2.05, 4.69) is 39.0 Å². The molecule has 14 heavy (non-hydrogen) atoms. The molecular formula is C13H17N. The van der Waals surface area contributed by atoms with Gasteiger partial charge in [0.2, 0.25) is 0 Å². The third-order valence-electron chi connectivity index (χ3n) is 2.71. The first-order chi connectivity index (χ1) is 6.69. The average molecular weight is 187 g/mol. The summed E-state index contributed by atoms with van der Waals surface area (Å²) < 4.78 is 0. The van der Waals surface area contributed by atoms with Gasteiger partial charge in [-0.1, -0.05) is 32.9 Å². The Morgan fingerprint density at radius 2 is 1.79 bits per heavy atom. The monoisotopic (exact) mass is 187 g/mol. The second-order valence-electron chi connectivity index (χ2n) is 3.99. The first-order valence-electron chi connectivity index (χ1n) is 5.19. The highest BCUT2D eigenvalue weighted by Crippen LogP contribution is 2.27. The number of nitrogens with zero attached hydrogens (tertiary/aromatic N) is 1. The maximum atomic E-state index is 8.68. The van der Waals surface area contributed by atoms with Gasteiger partial charge in [0, 0.05) is 0 Å². The summed E-state index contributed by atoms with van der Waals surface area (Å²) in [4.78, 5) is 0. The van der Waals surface area contributed by atoms with Crippen molar-refractivity contribution in [2.75, 3.05) is 0 Å². The lowest BCUT2D eigenvalue weighted by Crippen LogP contribution is -2.05. The number of rotatable bonds is 3. The Morgan fingerprint density at radius 1 is 1.21 bits per heavy atom. The Balaban J connectivity index is 2.90. The summed E-state index contributed by atoms with van der Waals surface area (Å²) in [5.41, 5.74) is 2.09. The molecule has 0 spiro atoms. The molecule has 0 aliphatic rings. The minimum Gasteiger partial charge on any atom is -0.192 e. The summed E-state index contributed by atoms with van der Waals surface area (Å²) in [5, 5.41) is 8.68. The van der Waals surface area contributed by atoms with Gasteiger partial charge in [0.15, 0.2) is 0 Å². The molecule has 1 unspecified atom stereocenters. The van der Waals surface area contributed by atoms with Crippen LogP contribution in [0.15, 0.2) is 24.3 Å². The van der Waals surface area contributed by atoms with Crippen LogP contribution in [0.4, 0.5) is 0 Å². The highest BCUT2D eigenvalue weighted by Gasteiger charge is 2.12. The van der Waals surface area contributed by atoms with Gasteiger partial charge in [0.25, 0.3) is 0 Å². The fourth-order valence-corrected chi connectivity index (χ4v) is 1.90. The van der Waals surface area contributed by atoms with Crippen LogP contribution in [0.25, 0.3) is 0 Å². The lowest BCUT2D eigenvalue weighted by Gasteiger charge is -2.19. The zero-order valence-electron chi connectivity index (χ0n) is 9.12. The third kappa shape index (κ3) is 2.35. The van der Waals surface area contributed by atoms with E-state index in [4.69, 9.17) is 5.26 Å². The molecule has 0 radical (unpaired) electrons. The number of hydrogen-bond acceptors (Lipinski definition) is 1. The molecule has 1 heteroatoms. The van der Waals surface area contributed by atoms with Crippen LogP contribution in [0.2, 0.25) is 0 Å². The number of nitriles is 1. The van der Waals surface area contributed by atoms with E-state index in [0.29, 0.717) is 11.8 Å². The van der Waals surface area contributed by atoms with Crippen molar-refractivity contribution in [3.8, 4) is 6.07 Å². The van der Waals surface area contributed by atoms with Crippen molar-refractivity contribution in [2.24, 2.45) is 5.92 Å². The van der Waals surface area contributed by atoms with Crippen molar-refractivity contribution in [1.29, 1.82) is 5.26 Å². The molecule has 0 heterocycles. The van der Waals surface area contributed by atoms with Crippen LogP contribution >= 0.6 is 0 Å². The molecule has 1 nitrogen and oxygen atoms in total. The van der Waals surface area contributed by atoms with E-state index in [1.54, 1.807) is 0 Å². The van der Waals surface area contributed by atoms with Gasteiger partial charge < -0.3 is 0 Å². The van der Waals surface area contributed by atoms with Gasteiger partial charge >= 0.3 is 0 Å². The first kappa shape index (κ1) is 10.8. The zero-order valence-corrected chi connectivity index (χ0v) is 9.12. The molecular weight excluding hydrogens is 170 g/mol. The van der Waals surface area contributed by atoms with Crippen molar-refractivity contribution in [1.82, 2.24) is 0 Å². The fourth-order valence-electron chi connectivity index (χ4n) is 1.90. The second-order valence-corrected chi connectivity index (χ2v) is 3.99. The molecule has 0 bridgehead atoms. The molecule has 0 fully saturated rings. The summed E-state index contributed by atoms with van der Waals surface area (Å²) in [7, 11) is 0. The van der Waals surface area contributed by atoms with Gasteiger partial charge in [0.05, 0.1) is 11.6 Å². The fraction of sp³-hybridized carbons (Fsp3) is 0.462. The predicted octanol–water partition coefficient (Wildman–Crippen LogP) is 3.71. The summed E-state index contributed by atoms with van der Waals surface area (Å²) >= 11 is 0. The van der Waals surface area contributed by atoms with Crippen LogP contribution in [0.1, 0.15) is 44.2 Å². The minimum absolute atomic E-state index is 0.614. The van der Waals surface area contributed by atoms with Crippen LogP contribution in [0, 0.1) is 17.2 Å². The number of benzene rings is 1. The summed E-state index contributed by atoms with van der Waals surface area (Å²) in [6.07, 6.45) is 1.16. The largest absolute Gasteiger partial charge is 0.192 e. The van der Waals surface area contributed by atoms with Crippen LogP contribution in [0.3, 0.4) is 0 Å². The molecule has 0 amide bonds. The van der Waals surface area contributed by atoms with Gasteiger partial charge in [-0.2, -0.15) is 5.26 Å². The van der Waals surface area contributed by atoms with Crippen molar-refractivity contribution < 1.29 is 0 Å². The summed E-state index contributed by atoms with van der Waals surface area (Å²) in [6.45, 7) is 6.70. The van der Waals surface area contributed by atoms with Crippen LogP contribution in [0.5, 0.6) is 0 Å². The maximum Gasteiger partial charge on any atom is 0.0991 e. The highest BCUT2D eigenvalue weighted by atomic mass is 14.2. The van der Waals surface area contributed by atoms with Crippen LogP contribution < -0.4 is 0 Å². The van der Waals surface area contributed by atoms with Crippen molar-refractivity contribution in [3.63, 3.8) is 0 Å². The third-order valence-corrected chi connectivity index (χ3v) is 2.71. The minimum atomic E-state index is 0.614. The van der Waals surface area contributed by atoms with E-state index in [1.165, 1.54) is 5.56 Å². The Morgan fingerprint density at radius 3 is 2.14 bits per heavy atom. The summed E-state index contributed by atoms with van der Waals surface area (Å²) in [5.74, 6) is 1.27. The van der Waals surface area contributed by atoms with E-state index < -0.39 is 0 Å². The zero-order chi connectivity index (χ0) is 10.6. The maximum absolute atomic E-state index is 8.68. The standard InChI is InChI=1S/C13H17N/c1-4-13(10(2)3)12-7-5-11(9-14)6-8-12/h5-8,10,13H,4H2,1-3H3. The SMILES string of the molecule is CCC(c1ccc(C#N)cc1)C(C)C. The smallest absolute Gasteiger partial charge is 0.0991 e. The van der Waals surface area contributed by atoms with Gasteiger partial charge in [0.1, 0.15) is 0 Å². The van der Waals surface area contributed by atoms with E-state index in [-0.39, 0.29) is 0 Å². The molecule has 1 atom stereocenters. The molecule has 0 saturated heterocycles. The van der Waals surface area contributed by atoms with E-state index in [0.717, 1.165) is 12.0 Å². The molecule has 0 aliphatic heterocycles. The lowest BCUT2D eigenvalue weighted by atomic mass is 9.86. The van der Waals surface area contributed by atoms with Crippen LogP contribution in [-0.4, -0.2) is 0 Å². The average Bonchev–Trinajstić information content (AvgIpc) is 2.19. The molecule has 0 N–H and O–H groups in total. The second kappa shape index (κ2) is 4.81. The Labute approximate surface area is 86.4 Å². The molecule has 1 aromatic rings. The van der Waals surface area contributed by atoms with Gasteiger partial charge in [-0.25, -0.2) is 0 Å².